The summed E-state index contributed by atoms with van der Waals surface area (Å²) in [5.41, 5.74) is 1.71. The fraction of sp³-hybridized carbons (Fsp3) is 0.636. The van der Waals surface area contributed by atoms with Gasteiger partial charge in [0.25, 0.3) is 5.56 Å². The van der Waals surface area contributed by atoms with Crippen LogP contribution in [0.3, 0.4) is 0 Å². The molecule has 0 spiro atoms. The molecule has 2 N–H and O–H groups in total. The molecule has 0 bridgehead atoms. The minimum absolute atomic E-state index is 0.141. The summed E-state index contributed by atoms with van der Waals surface area (Å²) < 4.78 is 0. The highest BCUT2D eigenvalue weighted by Crippen LogP contribution is 2.21. The lowest BCUT2D eigenvalue weighted by molar-refractivity contribution is 0.159. The second-order valence-electron chi connectivity index (χ2n) is 4.67. The molecule has 0 saturated carbocycles. The van der Waals surface area contributed by atoms with Crippen LogP contribution in [-0.2, 0) is 10.3 Å². The minimum Gasteiger partial charge on any atom is -0.396 e. The number of aromatic amines is 2. The summed E-state index contributed by atoms with van der Waals surface area (Å²) in [5, 5.41) is 9.38. The summed E-state index contributed by atoms with van der Waals surface area (Å²) in [6, 6.07) is 0. The summed E-state index contributed by atoms with van der Waals surface area (Å²) >= 11 is 0. The van der Waals surface area contributed by atoms with E-state index in [1.54, 1.807) is 6.92 Å². The van der Waals surface area contributed by atoms with Crippen molar-refractivity contribution in [2.45, 2.75) is 40.0 Å². The van der Waals surface area contributed by atoms with Crippen LogP contribution in [0.1, 0.15) is 45.9 Å². The van der Waals surface area contributed by atoms with Crippen molar-refractivity contribution in [3.8, 4) is 0 Å². The van der Waals surface area contributed by atoms with Crippen LogP contribution in [-0.4, -0.2) is 22.5 Å². The maximum absolute atomic E-state index is 11.7. The smallest absolute Gasteiger partial charge is 0.273 e. The highest BCUT2D eigenvalue weighted by molar-refractivity contribution is 5.99. The largest absolute Gasteiger partial charge is 0.396 e. The van der Waals surface area contributed by atoms with Crippen LogP contribution < -0.4 is 5.56 Å². The number of aromatic nitrogens is 2. The van der Waals surface area contributed by atoms with Crippen molar-refractivity contribution in [3.63, 3.8) is 0 Å². The Labute approximate surface area is 94.9 Å². The molecule has 0 aliphatic rings. The van der Waals surface area contributed by atoms with E-state index in [0.717, 1.165) is 5.69 Å². The van der Waals surface area contributed by atoms with Crippen molar-refractivity contribution in [3.05, 3.63) is 21.6 Å². The van der Waals surface area contributed by atoms with E-state index in [9.17, 15) is 4.79 Å². The van der Waals surface area contributed by atoms with Gasteiger partial charge in [-0.25, -0.2) is 0 Å². The molecule has 0 radical (unpaired) electrons. The average molecular weight is 225 g/mol. The third-order valence-corrected chi connectivity index (χ3v) is 2.22. The molecule has 0 saturated heterocycles. The minimum atomic E-state index is -0.161. The third kappa shape index (κ3) is 2.53. The van der Waals surface area contributed by atoms with Gasteiger partial charge in [-0.1, -0.05) is 25.9 Å². The van der Waals surface area contributed by atoms with Gasteiger partial charge in [-0.2, -0.15) is 0 Å². The van der Waals surface area contributed by atoms with Crippen LogP contribution in [0.25, 0.3) is 0 Å². The Kier molecular flexibility index (Phi) is 3.57. The molecule has 90 valence electrons. The van der Waals surface area contributed by atoms with E-state index in [0.29, 0.717) is 17.9 Å². The summed E-state index contributed by atoms with van der Waals surface area (Å²) in [5.74, 6) is 0. The summed E-state index contributed by atoms with van der Waals surface area (Å²) in [6.07, 6.45) is 0. The molecule has 5 nitrogen and oxygen atoms in total. The number of H-pyrrole nitrogens is 2. The standard InChI is InChI=1S/C11H19N3O2/c1-6-16-14-7(2)8-9(11(3,4)5)12-13-10(8)15/h6H2,1-5H3,(H2,12,13,15)/b14-7-. The SMILES string of the molecule is CCO/N=C(/C)c1c(C(C)(C)C)[nH][nH]c1=O. The van der Waals surface area contributed by atoms with Gasteiger partial charge in [0.2, 0.25) is 0 Å². The van der Waals surface area contributed by atoms with Crippen molar-refractivity contribution in [1.82, 2.24) is 10.2 Å². The molecule has 0 amide bonds. The normalized spacial score (nSPS) is 12.9. The second kappa shape index (κ2) is 4.55. The average Bonchev–Trinajstić information content (AvgIpc) is 2.56. The van der Waals surface area contributed by atoms with Crippen LogP contribution in [0.2, 0.25) is 0 Å². The van der Waals surface area contributed by atoms with Gasteiger partial charge in [0, 0.05) is 5.41 Å². The molecule has 0 aliphatic carbocycles. The van der Waals surface area contributed by atoms with Gasteiger partial charge in [-0.3, -0.25) is 9.89 Å². The highest BCUT2D eigenvalue weighted by atomic mass is 16.6. The van der Waals surface area contributed by atoms with Crippen LogP contribution in [0.4, 0.5) is 0 Å². The van der Waals surface area contributed by atoms with E-state index in [-0.39, 0.29) is 11.0 Å². The van der Waals surface area contributed by atoms with Gasteiger partial charge >= 0.3 is 0 Å². The Morgan fingerprint density at radius 3 is 2.50 bits per heavy atom. The molecule has 0 aromatic carbocycles. The van der Waals surface area contributed by atoms with Crippen LogP contribution >= 0.6 is 0 Å². The van der Waals surface area contributed by atoms with E-state index in [1.807, 2.05) is 27.7 Å². The van der Waals surface area contributed by atoms with Gasteiger partial charge < -0.3 is 9.94 Å². The first-order valence-electron chi connectivity index (χ1n) is 5.36. The van der Waals surface area contributed by atoms with Gasteiger partial charge in [-0.15, -0.1) is 0 Å². The first-order valence-corrected chi connectivity index (χ1v) is 5.36. The number of nitrogens with zero attached hydrogens (tertiary/aromatic N) is 1. The lowest BCUT2D eigenvalue weighted by Crippen LogP contribution is -2.20. The van der Waals surface area contributed by atoms with E-state index >= 15 is 0 Å². The first-order chi connectivity index (χ1) is 7.38. The topological polar surface area (TPSA) is 70.2 Å². The van der Waals surface area contributed by atoms with E-state index in [1.165, 1.54) is 0 Å². The Bertz CT molecular complexity index is 435. The highest BCUT2D eigenvalue weighted by Gasteiger charge is 2.24. The summed E-state index contributed by atoms with van der Waals surface area (Å²) in [6.45, 7) is 10.2. The third-order valence-electron chi connectivity index (χ3n) is 2.22. The van der Waals surface area contributed by atoms with Crippen molar-refractivity contribution in [2.24, 2.45) is 5.16 Å². The zero-order chi connectivity index (χ0) is 12.3. The summed E-state index contributed by atoms with van der Waals surface area (Å²) in [4.78, 5) is 16.6. The molecule has 0 aliphatic heterocycles. The van der Waals surface area contributed by atoms with Crippen molar-refractivity contribution in [1.29, 1.82) is 0 Å². The second-order valence-corrected chi connectivity index (χ2v) is 4.67. The van der Waals surface area contributed by atoms with Gasteiger partial charge in [0.1, 0.15) is 6.61 Å². The van der Waals surface area contributed by atoms with E-state index in [2.05, 4.69) is 15.4 Å². The van der Waals surface area contributed by atoms with Crippen LogP contribution in [0, 0.1) is 0 Å². The molecule has 1 rings (SSSR count). The van der Waals surface area contributed by atoms with Gasteiger partial charge in [0.15, 0.2) is 0 Å². The number of rotatable bonds is 3. The Morgan fingerprint density at radius 1 is 1.38 bits per heavy atom. The van der Waals surface area contributed by atoms with Crippen molar-refractivity contribution >= 4 is 5.71 Å². The Balaban J connectivity index is 3.22. The summed E-state index contributed by atoms with van der Waals surface area (Å²) in [7, 11) is 0. The monoisotopic (exact) mass is 225 g/mol. The Hall–Kier alpha value is -1.52. The molecular formula is C11H19N3O2. The zero-order valence-electron chi connectivity index (χ0n) is 10.5. The van der Waals surface area contributed by atoms with Gasteiger partial charge in [-0.05, 0) is 13.8 Å². The molecule has 16 heavy (non-hydrogen) atoms. The lowest BCUT2D eigenvalue weighted by atomic mass is 9.88. The fourth-order valence-electron chi connectivity index (χ4n) is 1.47. The molecule has 0 unspecified atom stereocenters. The molecule has 1 aromatic heterocycles. The predicted octanol–water partition coefficient (Wildman–Crippen LogP) is 1.76. The van der Waals surface area contributed by atoms with E-state index < -0.39 is 0 Å². The van der Waals surface area contributed by atoms with E-state index in [4.69, 9.17) is 4.84 Å². The number of hydrogen-bond acceptors (Lipinski definition) is 3. The number of nitrogens with one attached hydrogen (secondary N) is 2. The van der Waals surface area contributed by atoms with Crippen molar-refractivity contribution < 1.29 is 4.84 Å². The maximum Gasteiger partial charge on any atom is 0.273 e. The quantitative estimate of drug-likeness (QED) is 0.608. The first kappa shape index (κ1) is 12.5. The zero-order valence-corrected chi connectivity index (χ0v) is 10.5. The molecule has 1 aromatic rings. The molecule has 0 fully saturated rings. The number of hydrogen-bond donors (Lipinski definition) is 2. The number of oxime groups is 1. The lowest BCUT2D eigenvalue weighted by Gasteiger charge is -2.17. The van der Waals surface area contributed by atoms with Crippen LogP contribution in [0.15, 0.2) is 9.95 Å². The van der Waals surface area contributed by atoms with Crippen LogP contribution in [0.5, 0.6) is 0 Å². The molecule has 1 heterocycles. The maximum atomic E-state index is 11.7. The van der Waals surface area contributed by atoms with Crippen molar-refractivity contribution in [2.75, 3.05) is 6.61 Å². The molecule has 5 heteroatoms. The Morgan fingerprint density at radius 2 is 2.00 bits per heavy atom. The van der Waals surface area contributed by atoms with Gasteiger partial charge in [0.05, 0.1) is 17.0 Å². The molecule has 0 atom stereocenters. The predicted molar refractivity (Wildman–Crippen MR) is 64.0 cm³/mol. The molecular weight excluding hydrogens is 206 g/mol. The fourth-order valence-corrected chi connectivity index (χ4v) is 1.47.